The summed E-state index contributed by atoms with van der Waals surface area (Å²) in [6.07, 6.45) is 3.59. The molecule has 0 aliphatic carbocycles. The highest BCUT2D eigenvalue weighted by molar-refractivity contribution is 14.0. The molecule has 0 saturated heterocycles. The molecule has 1 atom stereocenters. The minimum Gasteiger partial charge on any atom is -0.355 e. The molecule has 0 bridgehead atoms. The molecule has 8 nitrogen and oxygen atoms in total. The summed E-state index contributed by atoms with van der Waals surface area (Å²) in [7, 11) is 0. The van der Waals surface area contributed by atoms with Gasteiger partial charge in [0.1, 0.15) is 12.2 Å². The number of benzene rings is 1. The summed E-state index contributed by atoms with van der Waals surface area (Å²) in [5.41, 5.74) is 3.48. The van der Waals surface area contributed by atoms with E-state index in [4.69, 9.17) is 4.99 Å². The lowest BCUT2D eigenvalue weighted by Gasteiger charge is -2.19. The van der Waals surface area contributed by atoms with Crippen molar-refractivity contribution in [2.75, 3.05) is 13.1 Å². The number of aromatic nitrogens is 5. The molecule has 32 heavy (non-hydrogen) atoms. The van der Waals surface area contributed by atoms with Crippen LogP contribution in [0.15, 0.2) is 47.7 Å². The fourth-order valence-electron chi connectivity index (χ4n) is 3.53. The zero-order chi connectivity index (χ0) is 22.1. The lowest BCUT2D eigenvalue weighted by molar-refractivity contribution is 0.564. The Kier molecular flexibility index (Phi) is 10.6. The molecule has 0 aliphatic rings. The maximum absolute atomic E-state index is 4.81. The van der Waals surface area contributed by atoms with Crippen LogP contribution in [0, 0.1) is 13.8 Å². The van der Waals surface area contributed by atoms with E-state index in [0.29, 0.717) is 0 Å². The summed E-state index contributed by atoms with van der Waals surface area (Å²) in [5.74, 6) is 1.81. The Bertz CT molecular complexity index is 964. The third-order valence-corrected chi connectivity index (χ3v) is 5.21. The standard InChI is InChI=1S/C23H34N8.HI/c1-5-22-28-26-17-30(22)15-13-25-23(27-20(4)21-10-7-6-8-11-21)24-12-9-14-31-19(3)16-18(2)29-31;/h6-8,10-11,16-17,20H,5,9,12-15H2,1-4H3,(H2,24,25,27);1H. The number of guanidine groups is 1. The molecule has 174 valence electrons. The molecule has 0 saturated carbocycles. The van der Waals surface area contributed by atoms with Crippen LogP contribution in [-0.2, 0) is 19.5 Å². The predicted octanol–water partition coefficient (Wildman–Crippen LogP) is 3.66. The zero-order valence-electron chi connectivity index (χ0n) is 19.5. The molecule has 0 radical (unpaired) electrons. The summed E-state index contributed by atoms with van der Waals surface area (Å²) >= 11 is 0. The fraction of sp³-hybridized carbons (Fsp3) is 0.478. The molecule has 1 aromatic carbocycles. The van der Waals surface area contributed by atoms with Crippen LogP contribution in [-0.4, -0.2) is 43.6 Å². The third kappa shape index (κ3) is 7.61. The summed E-state index contributed by atoms with van der Waals surface area (Å²) in [6.45, 7) is 11.5. The van der Waals surface area contributed by atoms with Crippen molar-refractivity contribution in [3.05, 3.63) is 65.5 Å². The van der Waals surface area contributed by atoms with Gasteiger partial charge < -0.3 is 15.2 Å². The Labute approximate surface area is 207 Å². The zero-order valence-corrected chi connectivity index (χ0v) is 21.8. The monoisotopic (exact) mass is 550 g/mol. The van der Waals surface area contributed by atoms with Crippen molar-refractivity contribution in [1.29, 1.82) is 0 Å². The van der Waals surface area contributed by atoms with E-state index >= 15 is 0 Å². The SMILES string of the molecule is CCc1nncn1CCNC(=NCCCn1nc(C)cc1C)NC(C)c1ccccc1.I. The number of aliphatic imine (C=N–C) groups is 1. The lowest BCUT2D eigenvalue weighted by atomic mass is 10.1. The fourth-order valence-corrected chi connectivity index (χ4v) is 3.53. The summed E-state index contributed by atoms with van der Waals surface area (Å²) in [4.78, 5) is 4.81. The number of hydrogen-bond donors (Lipinski definition) is 2. The van der Waals surface area contributed by atoms with Crippen LogP contribution >= 0.6 is 24.0 Å². The normalized spacial score (nSPS) is 12.3. The molecule has 3 rings (SSSR count). The Morgan fingerprint density at radius 3 is 2.62 bits per heavy atom. The van der Waals surface area contributed by atoms with E-state index < -0.39 is 0 Å². The molecule has 0 fully saturated rings. The number of nitrogens with one attached hydrogen (secondary N) is 2. The molecule has 2 heterocycles. The van der Waals surface area contributed by atoms with E-state index in [9.17, 15) is 0 Å². The van der Waals surface area contributed by atoms with E-state index in [-0.39, 0.29) is 30.0 Å². The van der Waals surface area contributed by atoms with E-state index in [1.165, 1.54) is 11.3 Å². The maximum atomic E-state index is 4.81. The molecule has 0 amide bonds. The van der Waals surface area contributed by atoms with Gasteiger partial charge in [0, 0.05) is 38.3 Å². The van der Waals surface area contributed by atoms with Crippen molar-refractivity contribution in [3.63, 3.8) is 0 Å². The quantitative estimate of drug-likeness (QED) is 0.174. The van der Waals surface area contributed by atoms with Gasteiger partial charge in [0.15, 0.2) is 5.96 Å². The Balaban J connectivity index is 0.00000363. The van der Waals surface area contributed by atoms with Gasteiger partial charge in [0.25, 0.3) is 0 Å². The number of nitrogens with zero attached hydrogens (tertiary/aromatic N) is 6. The molecular weight excluding hydrogens is 515 g/mol. The molecule has 0 aliphatic heterocycles. The Morgan fingerprint density at radius 1 is 1.16 bits per heavy atom. The largest absolute Gasteiger partial charge is 0.355 e. The number of halogens is 1. The van der Waals surface area contributed by atoms with Crippen LogP contribution in [0.1, 0.15) is 49.1 Å². The van der Waals surface area contributed by atoms with Gasteiger partial charge in [0.2, 0.25) is 0 Å². The highest BCUT2D eigenvalue weighted by Crippen LogP contribution is 2.11. The topological polar surface area (TPSA) is 85.0 Å². The van der Waals surface area contributed by atoms with Gasteiger partial charge in [-0.2, -0.15) is 5.10 Å². The van der Waals surface area contributed by atoms with Crippen molar-refractivity contribution >= 4 is 29.9 Å². The molecule has 2 aromatic heterocycles. The molecular formula is C23H35IN8. The maximum Gasteiger partial charge on any atom is 0.191 e. The van der Waals surface area contributed by atoms with Gasteiger partial charge in [0.05, 0.1) is 11.7 Å². The highest BCUT2D eigenvalue weighted by Gasteiger charge is 2.08. The molecule has 0 spiro atoms. The smallest absolute Gasteiger partial charge is 0.191 e. The van der Waals surface area contributed by atoms with Gasteiger partial charge in [-0.1, -0.05) is 37.3 Å². The molecule has 2 N–H and O–H groups in total. The van der Waals surface area contributed by atoms with Crippen molar-refractivity contribution in [3.8, 4) is 0 Å². The second-order valence-electron chi connectivity index (χ2n) is 7.73. The van der Waals surface area contributed by atoms with Gasteiger partial charge in [-0.15, -0.1) is 34.2 Å². The number of hydrogen-bond acceptors (Lipinski definition) is 4. The second kappa shape index (κ2) is 13.2. The van der Waals surface area contributed by atoms with Gasteiger partial charge >= 0.3 is 0 Å². The second-order valence-corrected chi connectivity index (χ2v) is 7.73. The lowest BCUT2D eigenvalue weighted by Crippen LogP contribution is -2.40. The highest BCUT2D eigenvalue weighted by atomic mass is 127. The number of rotatable bonds is 10. The van der Waals surface area contributed by atoms with Gasteiger partial charge in [-0.25, -0.2) is 0 Å². The molecule has 3 aromatic rings. The number of aryl methyl sites for hydroxylation is 4. The average Bonchev–Trinajstić information content (AvgIpc) is 3.36. The van der Waals surface area contributed by atoms with Crippen LogP contribution in [0.3, 0.4) is 0 Å². The first-order valence-corrected chi connectivity index (χ1v) is 11.0. The van der Waals surface area contributed by atoms with Crippen LogP contribution in [0.2, 0.25) is 0 Å². The first-order valence-electron chi connectivity index (χ1n) is 11.0. The average molecular weight is 550 g/mol. The summed E-state index contributed by atoms with van der Waals surface area (Å²) in [6, 6.07) is 12.7. The molecule has 9 heteroatoms. The first-order chi connectivity index (χ1) is 15.1. The summed E-state index contributed by atoms with van der Waals surface area (Å²) < 4.78 is 4.13. The van der Waals surface area contributed by atoms with Gasteiger partial charge in [-0.05, 0) is 38.8 Å². The van der Waals surface area contributed by atoms with Crippen molar-refractivity contribution in [1.82, 2.24) is 35.2 Å². The van der Waals surface area contributed by atoms with E-state index in [0.717, 1.165) is 56.5 Å². The minimum atomic E-state index is 0. The van der Waals surface area contributed by atoms with E-state index in [1.807, 2.05) is 13.0 Å². The van der Waals surface area contributed by atoms with Crippen molar-refractivity contribution in [2.45, 2.75) is 59.7 Å². The molecule has 1 unspecified atom stereocenters. The Hall–Kier alpha value is -2.43. The van der Waals surface area contributed by atoms with E-state index in [1.54, 1.807) is 6.33 Å². The van der Waals surface area contributed by atoms with Crippen LogP contribution in [0.25, 0.3) is 0 Å². The first kappa shape index (κ1) is 25.8. The van der Waals surface area contributed by atoms with Gasteiger partial charge in [-0.3, -0.25) is 9.67 Å². The van der Waals surface area contributed by atoms with Crippen molar-refractivity contribution in [2.24, 2.45) is 4.99 Å². The van der Waals surface area contributed by atoms with Crippen LogP contribution in [0.5, 0.6) is 0 Å². The summed E-state index contributed by atoms with van der Waals surface area (Å²) in [5, 5.41) is 19.7. The van der Waals surface area contributed by atoms with Crippen molar-refractivity contribution < 1.29 is 0 Å². The van der Waals surface area contributed by atoms with Crippen LogP contribution < -0.4 is 10.6 Å². The van der Waals surface area contributed by atoms with E-state index in [2.05, 4.69) is 86.3 Å². The predicted molar refractivity (Wildman–Crippen MR) is 139 cm³/mol. The Morgan fingerprint density at radius 2 is 1.94 bits per heavy atom. The third-order valence-electron chi connectivity index (χ3n) is 5.21. The minimum absolute atomic E-state index is 0. The van der Waals surface area contributed by atoms with Crippen LogP contribution in [0.4, 0.5) is 0 Å².